The van der Waals surface area contributed by atoms with Crippen LogP contribution in [0.3, 0.4) is 0 Å². The van der Waals surface area contributed by atoms with E-state index in [2.05, 4.69) is 5.32 Å². The second-order valence-corrected chi connectivity index (χ2v) is 5.15. The number of aryl methyl sites for hydroxylation is 1. The molecule has 1 aromatic carbocycles. The number of carbonyl (C=O) groups is 1. The van der Waals surface area contributed by atoms with E-state index in [1.165, 1.54) is 22.8 Å². The third-order valence-corrected chi connectivity index (χ3v) is 3.68. The second kappa shape index (κ2) is 5.87. The molecule has 0 radical (unpaired) electrons. The third kappa shape index (κ3) is 3.24. The summed E-state index contributed by atoms with van der Waals surface area (Å²) in [6.07, 6.45) is 0.0890. The fraction of sp³-hybridized carbons (Fsp3) is 0.231. The molecule has 0 spiro atoms. The van der Waals surface area contributed by atoms with Gasteiger partial charge in [-0.15, -0.1) is 0 Å². The summed E-state index contributed by atoms with van der Waals surface area (Å²) in [5, 5.41) is 4.18. The number of rotatable bonds is 4. The van der Waals surface area contributed by atoms with Crippen LogP contribution in [0.4, 0.5) is 15.8 Å². The molecule has 1 aromatic heterocycles. The fourth-order valence-electron chi connectivity index (χ4n) is 1.74. The number of carbonyl (C=O) groups excluding carboxylic acids is 1. The predicted octanol–water partition coefficient (Wildman–Crippen LogP) is 1.97. The van der Waals surface area contributed by atoms with Gasteiger partial charge in [0.2, 0.25) is 5.91 Å². The van der Waals surface area contributed by atoms with Crippen LogP contribution in [0, 0.1) is 12.7 Å². The number of hydrogen-bond acceptors (Lipinski definition) is 4. The van der Waals surface area contributed by atoms with Crippen LogP contribution < -0.4 is 15.9 Å². The first-order valence-electron chi connectivity index (χ1n) is 5.97. The van der Waals surface area contributed by atoms with E-state index in [-0.39, 0.29) is 29.4 Å². The maximum absolute atomic E-state index is 13.4. The summed E-state index contributed by atoms with van der Waals surface area (Å²) >= 11 is 1.09. The lowest BCUT2D eigenvalue weighted by Crippen LogP contribution is -2.20. The SMILES string of the molecule is Cc1csc(=O)n1CCC(=O)Nc1cc(N)ccc1F. The summed E-state index contributed by atoms with van der Waals surface area (Å²) in [5.41, 5.74) is 6.75. The van der Waals surface area contributed by atoms with E-state index in [0.29, 0.717) is 5.69 Å². The molecule has 0 aliphatic carbocycles. The first kappa shape index (κ1) is 14.3. The summed E-state index contributed by atoms with van der Waals surface area (Å²) in [6.45, 7) is 2.07. The Kier molecular flexibility index (Phi) is 4.19. The van der Waals surface area contributed by atoms with Crippen molar-refractivity contribution >= 4 is 28.6 Å². The Balaban J connectivity index is 2.00. The summed E-state index contributed by atoms with van der Waals surface area (Å²) in [6, 6.07) is 3.97. The number of amides is 1. The number of aromatic nitrogens is 1. The number of nitrogens with zero attached hydrogens (tertiary/aromatic N) is 1. The van der Waals surface area contributed by atoms with Crippen molar-refractivity contribution in [1.82, 2.24) is 4.57 Å². The predicted molar refractivity (Wildman–Crippen MR) is 77.4 cm³/mol. The molecule has 7 heteroatoms. The van der Waals surface area contributed by atoms with Gasteiger partial charge in [-0.05, 0) is 25.1 Å². The van der Waals surface area contributed by atoms with Gasteiger partial charge in [0.1, 0.15) is 5.82 Å². The lowest BCUT2D eigenvalue weighted by atomic mass is 10.2. The highest BCUT2D eigenvalue weighted by atomic mass is 32.1. The topological polar surface area (TPSA) is 77.1 Å². The molecule has 1 amide bonds. The zero-order valence-corrected chi connectivity index (χ0v) is 11.7. The zero-order chi connectivity index (χ0) is 14.7. The van der Waals surface area contributed by atoms with E-state index in [4.69, 9.17) is 5.73 Å². The standard InChI is InChI=1S/C13H14FN3O2S/c1-8-7-20-13(19)17(8)5-4-12(18)16-11-6-9(15)2-3-10(11)14/h2-3,6-7H,4-5,15H2,1H3,(H,16,18). The molecule has 0 saturated heterocycles. The summed E-state index contributed by atoms with van der Waals surface area (Å²) in [4.78, 5) is 23.1. The van der Waals surface area contributed by atoms with Crippen molar-refractivity contribution in [2.45, 2.75) is 19.9 Å². The van der Waals surface area contributed by atoms with E-state index < -0.39 is 5.82 Å². The van der Waals surface area contributed by atoms with Gasteiger partial charge in [-0.1, -0.05) is 11.3 Å². The molecule has 0 aliphatic rings. The van der Waals surface area contributed by atoms with Crippen molar-refractivity contribution in [1.29, 1.82) is 0 Å². The first-order chi connectivity index (χ1) is 9.47. The van der Waals surface area contributed by atoms with Crippen LogP contribution >= 0.6 is 11.3 Å². The summed E-state index contributed by atoms with van der Waals surface area (Å²) in [5.74, 6) is -0.913. The maximum atomic E-state index is 13.4. The van der Waals surface area contributed by atoms with Crippen molar-refractivity contribution in [3.05, 3.63) is 44.8 Å². The third-order valence-electron chi connectivity index (χ3n) is 2.80. The number of benzene rings is 1. The lowest BCUT2D eigenvalue weighted by molar-refractivity contribution is -0.116. The first-order valence-corrected chi connectivity index (χ1v) is 6.85. The van der Waals surface area contributed by atoms with Gasteiger partial charge >= 0.3 is 4.87 Å². The van der Waals surface area contributed by atoms with E-state index in [1.54, 1.807) is 12.3 Å². The number of nitrogens with two attached hydrogens (primary N) is 1. The van der Waals surface area contributed by atoms with Gasteiger partial charge in [0, 0.05) is 29.7 Å². The number of hydrogen-bond donors (Lipinski definition) is 2. The maximum Gasteiger partial charge on any atom is 0.307 e. The molecule has 2 aromatic rings. The number of thiazole rings is 1. The summed E-state index contributed by atoms with van der Waals surface area (Å²) in [7, 11) is 0. The second-order valence-electron chi connectivity index (χ2n) is 4.33. The molecule has 0 atom stereocenters. The molecular weight excluding hydrogens is 281 g/mol. The molecule has 20 heavy (non-hydrogen) atoms. The van der Waals surface area contributed by atoms with Crippen LogP contribution in [-0.4, -0.2) is 10.5 Å². The van der Waals surface area contributed by atoms with Crippen LogP contribution in [0.25, 0.3) is 0 Å². The monoisotopic (exact) mass is 295 g/mol. The molecule has 5 nitrogen and oxygen atoms in total. The molecule has 0 unspecified atom stereocenters. The molecule has 0 saturated carbocycles. The van der Waals surface area contributed by atoms with E-state index in [0.717, 1.165) is 17.0 Å². The molecule has 3 N–H and O–H groups in total. The minimum Gasteiger partial charge on any atom is -0.399 e. The van der Waals surface area contributed by atoms with Gasteiger partial charge in [0.25, 0.3) is 0 Å². The number of nitrogen functional groups attached to an aromatic ring is 1. The molecule has 0 fully saturated rings. The zero-order valence-electron chi connectivity index (χ0n) is 10.9. The van der Waals surface area contributed by atoms with Crippen LogP contribution in [0.15, 0.2) is 28.4 Å². The Labute approximate surface area is 118 Å². The smallest absolute Gasteiger partial charge is 0.307 e. The number of nitrogens with one attached hydrogen (secondary N) is 1. The molecule has 106 valence electrons. The highest BCUT2D eigenvalue weighted by Crippen LogP contribution is 2.17. The van der Waals surface area contributed by atoms with Crippen LogP contribution in [-0.2, 0) is 11.3 Å². The number of anilines is 2. The largest absolute Gasteiger partial charge is 0.399 e. The normalized spacial score (nSPS) is 10.5. The highest BCUT2D eigenvalue weighted by Gasteiger charge is 2.09. The van der Waals surface area contributed by atoms with E-state index in [9.17, 15) is 14.0 Å². The van der Waals surface area contributed by atoms with Crippen molar-refractivity contribution in [2.24, 2.45) is 0 Å². The Morgan fingerprint density at radius 2 is 2.25 bits per heavy atom. The van der Waals surface area contributed by atoms with Gasteiger partial charge in [-0.2, -0.15) is 0 Å². The van der Waals surface area contributed by atoms with Gasteiger partial charge in [0.15, 0.2) is 0 Å². The van der Waals surface area contributed by atoms with Crippen molar-refractivity contribution in [2.75, 3.05) is 11.1 Å². The van der Waals surface area contributed by atoms with Crippen LogP contribution in [0.1, 0.15) is 12.1 Å². The summed E-state index contributed by atoms with van der Waals surface area (Å²) < 4.78 is 15.0. The van der Waals surface area contributed by atoms with Crippen LogP contribution in [0.5, 0.6) is 0 Å². The highest BCUT2D eigenvalue weighted by molar-refractivity contribution is 7.07. The quantitative estimate of drug-likeness (QED) is 0.847. The average Bonchev–Trinajstić information content (AvgIpc) is 2.71. The minimum absolute atomic E-state index is 0.0457. The van der Waals surface area contributed by atoms with Gasteiger partial charge in [-0.3, -0.25) is 9.59 Å². The Morgan fingerprint density at radius 3 is 2.90 bits per heavy atom. The molecule has 0 bridgehead atoms. The van der Waals surface area contributed by atoms with Gasteiger partial charge in [0.05, 0.1) is 5.69 Å². The average molecular weight is 295 g/mol. The minimum atomic E-state index is -0.545. The Hall–Kier alpha value is -2.15. The van der Waals surface area contributed by atoms with E-state index >= 15 is 0 Å². The molecular formula is C13H14FN3O2S. The number of halogens is 1. The van der Waals surface area contributed by atoms with Gasteiger partial charge in [-0.25, -0.2) is 4.39 Å². The van der Waals surface area contributed by atoms with E-state index in [1.807, 2.05) is 0 Å². The molecule has 1 heterocycles. The van der Waals surface area contributed by atoms with Crippen LogP contribution in [0.2, 0.25) is 0 Å². The van der Waals surface area contributed by atoms with Crippen molar-refractivity contribution < 1.29 is 9.18 Å². The van der Waals surface area contributed by atoms with Crippen molar-refractivity contribution in [3.8, 4) is 0 Å². The Morgan fingerprint density at radius 1 is 1.50 bits per heavy atom. The fourth-order valence-corrected chi connectivity index (χ4v) is 2.50. The Bertz CT molecular complexity index is 693. The molecule has 0 aliphatic heterocycles. The molecule has 2 rings (SSSR count). The van der Waals surface area contributed by atoms with Crippen molar-refractivity contribution in [3.63, 3.8) is 0 Å². The lowest BCUT2D eigenvalue weighted by Gasteiger charge is -2.08. The van der Waals surface area contributed by atoms with Gasteiger partial charge < -0.3 is 15.6 Å².